The van der Waals surface area contributed by atoms with Crippen LogP contribution in [0.2, 0.25) is 0 Å². The molecule has 0 aromatic heterocycles. The van der Waals surface area contributed by atoms with Gasteiger partial charge in [-0.2, -0.15) is 4.31 Å². The zero-order valence-corrected chi connectivity index (χ0v) is 16.4. The van der Waals surface area contributed by atoms with Crippen molar-refractivity contribution in [3.63, 3.8) is 0 Å². The highest BCUT2D eigenvalue weighted by Gasteiger charge is 2.30. The van der Waals surface area contributed by atoms with Crippen molar-refractivity contribution in [2.24, 2.45) is 0 Å². The van der Waals surface area contributed by atoms with Crippen molar-refractivity contribution in [2.75, 3.05) is 26.2 Å². The van der Waals surface area contributed by atoms with Gasteiger partial charge in [0.15, 0.2) is 0 Å². The summed E-state index contributed by atoms with van der Waals surface area (Å²) in [6, 6.07) is 10.8. The normalized spacial score (nSPS) is 18.0. The van der Waals surface area contributed by atoms with Crippen LogP contribution in [0.1, 0.15) is 34.3 Å². The fraction of sp³-hybridized carbons (Fsp3) is 0.381. The highest BCUT2D eigenvalue weighted by atomic mass is 32.2. The first-order chi connectivity index (χ1) is 13.4. The van der Waals surface area contributed by atoms with E-state index >= 15 is 0 Å². The summed E-state index contributed by atoms with van der Waals surface area (Å²) >= 11 is 0. The number of rotatable bonds is 3. The molecule has 0 spiro atoms. The average Bonchev–Trinajstić information content (AvgIpc) is 2.73. The summed E-state index contributed by atoms with van der Waals surface area (Å²) < 4.78 is 39.8. The molecule has 0 atom stereocenters. The molecule has 0 unspecified atom stereocenters. The highest BCUT2D eigenvalue weighted by Crippen LogP contribution is 2.24. The molecule has 0 bridgehead atoms. The number of hydrogen-bond acceptors (Lipinski definition) is 3. The monoisotopic (exact) mass is 402 g/mol. The zero-order chi connectivity index (χ0) is 19.7. The molecule has 1 fully saturated rings. The van der Waals surface area contributed by atoms with E-state index in [1.807, 2.05) is 12.1 Å². The predicted molar refractivity (Wildman–Crippen MR) is 104 cm³/mol. The average molecular weight is 402 g/mol. The van der Waals surface area contributed by atoms with Gasteiger partial charge in [-0.25, -0.2) is 12.8 Å². The molecule has 0 radical (unpaired) electrons. The van der Waals surface area contributed by atoms with Crippen molar-refractivity contribution >= 4 is 15.9 Å². The third kappa shape index (κ3) is 3.69. The molecule has 2 aromatic rings. The Morgan fingerprint density at radius 3 is 2.18 bits per heavy atom. The minimum Gasteiger partial charge on any atom is -0.336 e. The van der Waals surface area contributed by atoms with Crippen molar-refractivity contribution in [3.05, 3.63) is 65.0 Å². The largest absolute Gasteiger partial charge is 0.336 e. The standard InChI is InChI=1S/C21H23FN2O3S/c22-19-7-9-20(10-8-19)28(26,27)24-13-11-23(12-14-24)21(25)18-6-5-16-3-1-2-4-17(16)15-18/h5-10,15H,1-4,11-14H2. The van der Waals surface area contributed by atoms with E-state index in [4.69, 9.17) is 0 Å². The minimum absolute atomic E-state index is 0.0489. The first kappa shape index (κ1) is 19.1. The lowest BCUT2D eigenvalue weighted by Crippen LogP contribution is -2.50. The van der Waals surface area contributed by atoms with E-state index in [0.717, 1.165) is 31.4 Å². The second kappa shape index (κ2) is 7.64. The number of amides is 1. The molecule has 5 nitrogen and oxygen atoms in total. The number of halogens is 1. The fourth-order valence-electron chi connectivity index (χ4n) is 3.94. The summed E-state index contributed by atoms with van der Waals surface area (Å²) in [4.78, 5) is 14.6. The van der Waals surface area contributed by atoms with Crippen LogP contribution in [0.3, 0.4) is 0 Å². The quantitative estimate of drug-likeness (QED) is 0.793. The second-order valence-electron chi connectivity index (χ2n) is 7.34. The van der Waals surface area contributed by atoms with E-state index in [-0.39, 0.29) is 23.9 Å². The zero-order valence-electron chi connectivity index (χ0n) is 15.6. The maximum atomic E-state index is 13.1. The minimum atomic E-state index is -3.68. The van der Waals surface area contributed by atoms with Crippen LogP contribution in [0.5, 0.6) is 0 Å². The Balaban J connectivity index is 1.44. The Hall–Kier alpha value is -2.25. The van der Waals surface area contributed by atoms with Gasteiger partial charge in [-0.1, -0.05) is 6.07 Å². The lowest BCUT2D eigenvalue weighted by molar-refractivity contribution is 0.0697. The van der Waals surface area contributed by atoms with Gasteiger partial charge in [0.05, 0.1) is 4.90 Å². The van der Waals surface area contributed by atoms with E-state index in [0.29, 0.717) is 18.7 Å². The summed E-state index contributed by atoms with van der Waals surface area (Å²) in [5.41, 5.74) is 3.27. The van der Waals surface area contributed by atoms with Crippen LogP contribution >= 0.6 is 0 Å². The number of benzene rings is 2. The van der Waals surface area contributed by atoms with Gasteiger partial charge in [-0.3, -0.25) is 4.79 Å². The van der Waals surface area contributed by atoms with Gasteiger partial charge >= 0.3 is 0 Å². The highest BCUT2D eigenvalue weighted by molar-refractivity contribution is 7.89. The van der Waals surface area contributed by atoms with Crippen LogP contribution in [0, 0.1) is 5.82 Å². The van der Waals surface area contributed by atoms with Gasteiger partial charge in [-0.15, -0.1) is 0 Å². The third-order valence-electron chi connectivity index (χ3n) is 5.57. The van der Waals surface area contributed by atoms with Crippen molar-refractivity contribution in [1.82, 2.24) is 9.21 Å². The number of nitrogens with zero attached hydrogens (tertiary/aromatic N) is 2. The molecular weight excluding hydrogens is 379 g/mol. The van der Waals surface area contributed by atoms with Crippen LogP contribution in [0.15, 0.2) is 47.4 Å². The molecule has 7 heteroatoms. The predicted octanol–water partition coefficient (Wildman–Crippen LogP) is 2.85. The maximum absolute atomic E-state index is 13.1. The number of sulfonamides is 1. The SMILES string of the molecule is O=C(c1ccc2c(c1)CCCC2)N1CCN(S(=O)(=O)c2ccc(F)cc2)CC1. The van der Waals surface area contributed by atoms with Crippen molar-refractivity contribution in [3.8, 4) is 0 Å². The number of carbonyl (C=O) groups excluding carboxylic acids is 1. The van der Waals surface area contributed by atoms with Crippen LogP contribution in [0.25, 0.3) is 0 Å². The van der Waals surface area contributed by atoms with Gasteiger partial charge in [-0.05, 0) is 73.2 Å². The van der Waals surface area contributed by atoms with E-state index in [1.54, 1.807) is 4.90 Å². The van der Waals surface area contributed by atoms with Crippen molar-refractivity contribution < 1.29 is 17.6 Å². The Labute approximate surface area is 164 Å². The van der Waals surface area contributed by atoms with Crippen LogP contribution in [-0.4, -0.2) is 49.7 Å². The molecule has 1 aliphatic heterocycles. The summed E-state index contributed by atoms with van der Waals surface area (Å²) in [7, 11) is -3.68. The Bertz CT molecular complexity index is 981. The molecule has 28 heavy (non-hydrogen) atoms. The number of aryl methyl sites for hydroxylation is 2. The van der Waals surface area contributed by atoms with Crippen molar-refractivity contribution in [2.45, 2.75) is 30.6 Å². The number of carbonyl (C=O) groups is 1. The van der Waals surface area contributed by atoms with E-state index in [1.165, 1.54) is 34.0 Å². The molecule has 0 saturated carbocycles. The molecule has 2 aliphatic rings. The Morgan fingerprint density at radius 1 is 0.857 bits per heavy atom. The summed E-state index contributed by atoms with van der Waals surface area (Å²) in [5.74, 6) is -0.522. The number of fused-ring (bicyclic) bond motifs is 1. The lowest BCUT2D eigenvalue weighted by atomic mass is 9.90. The van der Waals surface area contributed by atoms with Gasteiger partial charge in [0.1, 0.15) is 5.82 Å². The van der Waals surface area contributed by atoms with Gasteiger partial charge in [0.2, 0.25) is 10.0 Å². The molecule has 1 heterocycles. The van der Waals surface area contributed by atoms with Gasteiger partial charge in [0.25, 0.3) is 5.91 Å². The number of piperazine rings is 1. The van der Waals surface area contributed by atoms with E-state index < -0.39 is 15.8 Å². The summed E-state index contributed by atoms with van der Waals surface area (Å²) in [5, 5.41) is 0. The Kier molecular flexibility index (Phi) is 5.21. The molecule has 2 aromatic carbocycles. The summed E-state index contributed by atoms with van der Waals surface area (Å²) in [6.07, 6.45) is 4.44. The summed E-state index contributed by atoms with van der Waals surface area (Å²) in [6.45, 7) is 1.15. The van der Waals surface area contributed by atoms with Crippen LogP contribution < -0.4 is 0 Å². The van der Waals surface area contributed by atoms with Crippen molar-refractivity contribution in [1.29, 1.82) is 0 Å². The first-order valence-electron chi connectivity index (χ1n) is 9.62. The van der Waals surface area contributed by atoms with Gasteiger partial charge in [0, 0.05) is 31.7 Å². The second-order valence-corrected chi connectivity index (χ2v) is 9.28. The molecular formula is C21H23FN2O3S. The van der Waals surface area contributed by atoms with E-state index in [2.05, 4.69) is 6.07 Å². The maximum Gasteiger partial charge on any atom is 0.253 e. The molecule has 1 amide bonds. The van der Waals surface area contributed by atoms with E-state index in [9.17, 15) is 17.6 Å². The molecule has 148 valence electrons. The molecule has 0 N–H and O–H groups in total. The van der Waals surface area contributed by atoms with Crippen LogP contribution in [-0.2, 0) is 22.9 Å². The van der Waals surface area contributed by atoms with Crippen LogP contribution in [0.4, 0.5) is 4.39 Å². The smallest absolute Gasteiger partial charge is 0.253 e. The fourth-order valence-corrected chi connectivity index (χ4v) is 5.36. The first-order valence-corrected chi connectivity index (χ1v) is 11.1. The number of hydrogen-bond donors (Lipinski definition) is 0. The molecule has 1 saturated heterocycles. The Morgan fingerprint density at radius 2 is 1.50 bits per heavy atom. The molecule has 1 aliphatic carbocycles. The third-order valence-corrected chi connectivity index (χ3v) is 7.49. The van der Waals surface area contributed by atoms with Gasteiger partial charge < -0.3 is 4.90 Å². The topological polar surface area (TPSA) is 57.7 Å². The lowest BCUT2D eigenvalue weighted by Gasteiger charge is -2.34. The molecule has 4 rings (SSSR count).